The highest BCUT2D eigenvalue weighted by molar-refractivity contribution is 7.88. The van der Waals surface area contributed by atoms with E-state index in [2.05, 4.69) is 11.6 Å². The molecule has 2 aliphatic rings. The molecule has 3 N–H and O–H groups in total. The topological polar surface area (TPSA) is 131 Å². The molecule has 3 atom stereocenters. The molecule has 1 aromatic carbocycles. The maximum Gasteiger partial charge on any atom is 0.236 e. The molecule has 1 fully saturated rings. The summed E-state index contributed by atoms with van der Waals surface area (Å²) in [6.07, 6.45) is 6.11. The van der Waals surface area contributed by atoms with Gasteiger partial charge in [-0.3, -0.25) is 9.69 Å². The summed E-state index contributed by atoms with van der Waals surface area (Å²) in [6.45, 7) is 5.10. The summed E-state index contributed by atoms with van der Waals surface area (Å²) in [5.41, 5.74) is 6.59. The summed E-state index contributed by atoms with van der Waals surface area (Å²) in [5, 5.41) is 0. The van der Waals surface area contributed by atoms with Crippen LogP contribution in [0.2, 0.25) is 0 Å². The first-order valence-electron chi connectivity index (χ1n) is 12.8. The van der Waals surface area contributed by atoms with Crippen LogP contribution in [-0.4, -0.2) is 88.8 Å². The molecule has 0 spiro atoms. The van der Waals surface area contributed by atoms with Gasteiger partial charge in [0.1, 0.15) is 6.29 Å². The van der Waals surface area contributed by atoms with Crippen LogP contribution in [0.4, 0.5) is 0 Å². The first-order chi connectivity index (χ1) is 17.3. The normalized spacial score (nSPS) is 21.6. The summed E-state index contributed by atoms with van der Waals surface area (Å²) in [7, 11) is -3.36. The van der Waals surface area contributed by atoms with Gasteiger partial charge in [0.25, 0.3) is 0 Å². The molecule has 0 saturated carbocycles. The Balaban J connectivity index is 1.80. The number of rotatable bonds is 15. The Morgan fingerprint density at radius 1 is 1.22 bits per heavy atom. The Morgan fingerprint density at radius 3 is 2.67 bits per heavy atom. The number of benzene rings is 1. The van der Waals surface area contributed by atoms with E-state index in [9.17, 15) is 18.0 Å². The van der Waals surface area contributed by atoms with Crippen molar-refractivity contribution in [1.29, 1.82) is 0 Å². The minimum atomic E-state index is -3.36. The van der Waals surface area contributed by atoms with E-state index in [4.69, 9.17) is 15.2 Å². The Hall–Kier alpha value is -2.21. The Bertz CT molecular complexity index is 989. The van der Waals surface area contributed by atoms with Crippen LogP contribution >= 0.6 is 0 Å². The highest BCUT2D eigenvalue weighted by Gasteiger charge is 2.43. The van der Waals surface area contributed by atoms with Gasteiger partial charge in [-0.2, -0.15) is 0 Å². The second-order valence-electron chi connectivity index (χ2n) is 9.61. The van der Waals surface area contributed by atoms with Gasteiger partial charge in [-0.25, -0.2) is 13.1 Å². The third-order valence-electron chi connectivity index (χ3n) is 6.95. The molecule has 0 bridgehead atoms. The molecule has 0 aliphatic carbocycles. The molecule has 0 aromatic heterocycles. The van der Waals surface area contributed by atoms with E-state index in [0.717, 1.165) is 43.8 Å². The molecule has 2 aliphatic heterocycles. The van der Waals surface area contributed by atoms with Gasteiger partial charge in [0.15, 0.2) is 11.5 Å². The SMILES string of the molecule is CCCCN(CCCCN)C(=O)CN1C[C@H](c2ccc3c(c2)OCO3)[C@@H](C=O)[C@@H]1CCNS(C)(=O)=O. The molecule has 36 heavy (non-hydrogen) atoms. The number of hydrogen-bond donors (Lipinski definition) is 2. The lowest BCUT2D eigenvalue weighted by atomic mass is 9.85. The van der Waals surface area contributed by atoms with Gasteiger partial charge in [0.2, 0.25) is 22.7 Å². The van der Waals surface area contributed by atoms with Crippen molar-refractivity contribution in [3.05, 3.63) is 23.8 Å². The van der Waals surface area contributed by atoms with Gasteiger partial charge in [0, 0.05) is 44.1 Å². The third kappa shape index (κ3) is 7.64. The van der Waals surface area contributed by atoms with Gasteiger partial charge in [-0.05, 0) is 49.9 Å². The van der Waals surface area contributed by atoms with Crippen molar-refractivity contribution < 1.29 is 27.5 Å². The number of aldehydes is 1. The molecular formula is C25H40N4O6S. The lowest BCUT2D eigenvalue weighted by molar-refractivity contribution is -0.133. The second kappa shape index (κ2) is 13.4. The van der Waals surface area contributed by atoms with Crippen LogP contribution in [0.25, 0.3) is 0 Å². The number of likely N-dealkylation sites (tertiary alicyclic amines) is 1. The number of carbonyl (C=O) groups is 2. The number of nitrogens with two attached hydrogens (primary N) is 1. The monoisotopic (exact) mass is 524 g/mol. The quantitative estimate of drug-likeness (QED) is 0.259. The van der Waals surface area contributed by atoms with Crippen molar-refractivity contribution in [1.82, 2.24) is 14.5 Å². The molecule has 2 heterocycles. The minimum absolute atomic E-state index is 0.0255. The summed E-state index contributed by atoms with van der Waals surface area (Å²) < 4.78 is 36.8. The zero-order valence-corrected chi connectivity index (χ0v) is 22.2. The average Bonchev–Trinajstić information content (AvgIpc) is 3.44. The number of amides is 1. The van der Waals surface area contributed by atoms with Gasteiger partial charge < -0.3 is 24.9 Å². The summed E-state index contributed by atoms with van der Waals surface area (Å²) in [5.74, 6) is 0.810. The van der Waals surface area contributed by atoms with Crippen LogP contribution in [0.15, 0.2) is 18.2 Å². The molecule has 1 aromatic rings. The third-order valence-corrected chi connectivity index (χ3v) is 7.68. The predicted molar refractivity (Wildman–Crippen MR) is 137 cm³/mol. The number of fused-ring (bicyclic) bond motifs is 1. The number of nitrogens with zero attached hydrogens (tertiary/aromatic N) is 2. The zero-order valence-electron chi connectivity index (χ0n) is 21.4. The highest BCUT2D eigenvalue weighted by Crippen LogP contribution is 2.41. The molecular weight excluding hydrogens is 484 g/mol. The molecule has 0 radical (unpaired) electrons. The van der Waals surface area contributed by atoms with Crippen molar-refractivity contribution in [2.24, 2.45) is 11.7 Å². The van der Waals surface area contributed by atoms with E-state index in [1.807, 2.05) is 28.0 Å². The molecule has 0 unspecified atom stereocenters. The van der Waals surface area contributed by atoms with Crippen molar-refractivity contribution >= 4 is 22.2 Å². The fraction of sp³-hybridized carbons (Fsp3) is 0.680. The van der Waals surface area contributed by atoms with Crippen molar-refractivity contribution in [3.63, 3.8) is 0 Å². The Labute approximate surface area is 214 Å². The van der Waals surface area contributed by atoms with Crippen LogP contribution in [0.3, 0.4) is 0 Å². The van der Waals surface area contributed by atoms with Crippen LogP contribution in [0, 0.1) is 5.92 Å². The van der Waals surface area contributed by atoms with Crippen molar-refractivity contribution in [3.8, 4) is 11.5 Å². The average molecular weight is 525 g/mol. The Morgan fingerprint density at radius 2 is 1.97 bits per heavy atom. The first kappa shape index (κ1) is 28.4. The summed E-state index contributed by atoms with van der Waals surface area (Å²) >= 11 is 0. The smallest absolute Gasteiger partial charge is 0.236 e. The van der Waals surface area contributed by atoms with Gasteiger partial charge in [-0.1, -0.05) is 19.4 Å². The first-order valence-corrected chi connectivity index (χ1v) is 14.7. The maximum absolute atomic E-state index is 13.4. The Kier molecular flexibility index (Phi) is 10.5. The molecule has 10 nitrogen and oxygen atoms in total. The highest BCUT2D eigenvalue weighted by atomic mass is 32.2. The minimum Gasteiger partial charge on any atom is -0.454 e. The second-order valence-corrected chi connectivity index (χ2v) is 11.4. The number of carbonyl (C=O) groups excluding carboxylic acids is 2. The van der Waals surface area contributed by atoms with Crippen LogP contribution in [0.1, 0.15) is 50.5 Å². The van der Waals surface area contributed by atoms with E-state index >= 15 is 0 Å². The van der Waals surface area contributed by atoms with Crippen LogP contribution in [-0.2, 0) is 19.6 Å². The molecule has 1 amide bonds. The summed E-state index contributed by atoms with van der Waals surface area (Å²) in [6, 6.07) is 5.42. The lowest BCUT2D eigenvalue weighted by Crippen LogP contribution is -2.45. The fourth-order valence-corrected chi connectivity index (χ4v) is 5.55. The van der Waals surface area contributed by atoms with E-state index in [1.165, 1.54) is 0 Å². The fourth-order valence-electron chi connectivity index (χ4n) is 5.06. The summed E-state index contributed by atoms with van der Waals surface area (Å²) in [4.78, 5) is 29.7. The zero-order chi connectivity index (χ0) is 26.1. The predicted octanol–water partition coefficient (Wildman–Crippen LogP) is 1.31. The van der Waals surface area contributed by atoms with Crippen LogP contribution in [0.5, 0.6) is 11.5 Å². The number of nitrogens with one attached hydrogen (secondary N) is 1. The molecule has 1 saturated heterocycles. The molecule has 202 valence electrons. The lowest BCUT2D eigenvalue weighted by Gasteiger charge is -2.29. The van der Waals surface area contributed by atoms with E-state index in [-0.39, 0.29) is 43.7 Å². The molecule has 3 rings (SSSR count). The maximum atomic E-state index is 13.4. The van der Waals surface area contributed by atoms with E-state index in [0.29, 0.717) is 44.1 Å². The van der Waals surface area contributed by atoms with Crippen LogP contribution < -0.4 is 19.9 Å². The van der Waals surface area contributed by atoms with Gasteiger partial charge >= 0.3 is 0 Å². The number of unbranched alkanes of at least 4 members (excludes halogenated alkanes) is 2. The van der Waals surface area contributed by atoms with Gasteiger partial charge in [0.05, 0.1) is 12.8 Å². The number of ether oxygens (including phenoxy) is 2. The van der Waals surface area contributed by atoms with E-state index in [1.54, 1.807) is 0 Å². The largest absolute Gasteiger partial charge is 0.454 e. The number of hydrogen-bond acceptors (Lipinski definition) is 8. The van der Waals surface area contributed by atoms with Crippen molar-refractivity contribution in [2.45, 2.75) is 51.0 Å². The van der Waals surface area contributed by atoms with Crippen molar-refractivity contribution in [2.75, 3.05) is 52.3 Å². The standard InChI is InChI=1S/C25H40N4O6S/c1-3-4-12-28(13-6-5-10-26)25(31)16-29-15-20(19-7-8-23-24(14-19)35-18-34-23)21(17-30)22(29)9-11-27-36(2,32)33/h7-8,14,17,20-22,27H,3-6,9-13,15-16,18,26H2,1-2H3/t20-,21-,22+/m1/s1. The molecule has 11 heteroatoms. The number of sulfonamides is 1. The van der Waals surface area contributed by atoms with Gasteiger partial charge in [-0.15, -0.1) is 0 Å². The van der Waals surface area contributed by atoms with E-state index < -0.39 is 10.0 Å².